The number of rotatable bonds is 4. The first-order valence-electron chi connectivity index (χ1n) is 7.53. The second kappa shape index (κ2) is 6.62. The summed E-state index contributed by atoms with van der Waals surface area (Å²) in [5.74, 6) is -0.169. The Labute approximate surface area is 155 Å². The molecule has 0 N–H and O–H groups in total. The molecule has 9 heteroatoms. The van der Waals surface area contributed by atoms with E-state index in [4.69, 9.17) is 16.3 Å². The number of methoxy groups -OCH3 is 1. The minimum atomic E-state index is -0.618. The lowest BCUT2D eigenvalue weighted by atomic mass is 10.1. The maximum Gasteiger partial charge on any atom is 0.234 e. The van der Waals surface area contributed by atoms with Crippen molar-refractivity contribution in [1.82, 2.24) is 19.8 Å². The molecular formula is C17H11ClF2N4OS. The number of ether oxygens (including phenoxy) is 1. The van der Waals surface area contributed by atoms with Crippen molar-refractivity contribution in [2.45, 2.75) is 6.42 Å². The fourth-order valence-corrected chi connectivity index (χ4v) is 3.68. The standard InChI is InChI=1S/C17H11ClF2N4OS/c1-25-14-3-2-10(18)7-13(14)16-21-22-17-24(16)23-15(26-17)6-9-4-11(19)8-12(20)5-9/h2-5,7-8H,6H2,1H3. The van der Waals surface area contributed by atoms with Crippen molar-refractivity contribution in [2.24, 2.45) is 0 Å². The highest BCUT2D eigenvalue weighted by atomic mass is 35.5. The molecule has 0 spiro atoms. The molecule has 0 amide bonds. The Bertz CT molecular complexity index is 1090. The van der Waals surface area contributed by atoms with Gasteiger partial charge in [0, 0.05) is 17.5 Å². The highest BCUT2D eigenvalue weighted by Gasteiger charge is 2.17. The first-order valence-corrected chi connectivity index (χ1v) is 8.73. The molecule has 4 rings (SSSR count). The Hall–Kier alpha value is -2.58. The van der Waals surface area contributed by atoms with E-state index >= 15 is 0 Å². The molecule has 2 aromatic carbocycles. The monoisotopic (exact) mass is 392 g/mol. The van der Waals surface area contributed by atoms with E-state index in [-0.39, 0.29) is 6.42 Å². The topological polar surface area (TPSA) is 52.3 Å². The Morgan fingerprint density at radius 3 is 2.62 bits per heavy atom. The van der Waals surface area contributed by atoms with Gasteiger partial charge in [-0.25, -0.2) is 8.78 Å². The summed E-state index contributed by atoms with van der Waals surface area (Å²) in [5, 5.41) is 13.9. The SMILES string of the molecule is COc1ccc(Cl)cc1-c1nnc2sc(Cc3cc(F)cc(F)c3)nn12. The van der Waals surface area contributed by atoms with Crippen LogP contribution in [0.3, 0.4) is 0 Å². The summed E-state index contributed by atoms with van der Waals surface area (Å²) >= 11 is 7.38. The van der Waals surface area contributed by atoms with Crippen molar-refractivity contribution in [3.05, 3.63) is 63.6 Å². The lowest BCUT2D eigenvalue weighted by Gasteiger charge is -2.06. The van der Waals surface area contributed by atoms with Crippen LogP contribution in [0.25, 0.3) is 16.3 Å². The first kappa shape index (κ1) is 16.9. The summed E-state index contributed by atoms with van der Waals surface area (Å²) < 4.78 is 33.7. The molecule has 0 saturated carbocycles. The zero-order chi connectivity index (χ0) is 18.3. The van der Waals surface area contributed by atoms with Crippen LogP contribution in [0.1, 0.15) is 10.6 Å². The lowest BCUT2D eigenvalue weighted by Crippen LogP contribution is -1.96. The molecule has 0 bridgehead atoms. The number of nitrogens with zero attached hydrogens (tertiary/aromatic N) is 4. The number of benzene rings is 2. The van der Waals surface area contributed by atoms with Gasteiger partial charge in [-0.05, 0) is 35.9 Å². The molecule has 0 aliphatic carbocycles. The molecule has 2 heterocycles. The summed E-state index contributed by atoms with van der Waals surface area (Å²) in [6, 6.07) is 8.58. The Kier molecular flexibility index (Phi) is 4.29. The van der Waals surface area contributed by atoms with Gasteiger partial charge in [-0.3, -0.25) is 0 Å². The molecule has 0 unspecified atom stereocenters. The molecule has 0 fully saturated rings. The molecular weight excluding hydrogens is 382 g/mol. The molecule has 0 aliphatic heterocycles. The van der Waals surface area contributed by atoms with Crippen LogP contribution in [-0.4, -0.2) is 26.9 Å². The van der Waals surface area contributed by atoms with Crippen molar-refractivity contribution in [1.29, 1.82) is 0 Å². The van der Waals surface area contributed by atoms with Crippen LogP contribution in [0, 0.1) is 11.6 Å². The van der Waals surface area contributed by atoms with E-state index < -0.39 is 11.6 Å². The fraction of sp³-hybridized carbons (Fsp3) is 0.118. The first-order chi connectivity index (χ1) is 12.5. The highest BCUT2D eigenvalue weighted by molar-refractivity contribution is 7.16. The second-order valence-corrected chi connectivity index (χ2v) is 6.99. The van der Waals surface area contributed by atoms with E-state index in [1.54, 1.807) is 29.8 Å². The summed E-state index contributed by atoms with van der Waals surface area (Å²) in [6.07, 6.45) is 0.287. The van der Waals surface area contributed by atoms with E-state index in [1.807, 2.05) is 0 Å². The Morgan fingerprint density at radius 1 is 1.12 bits per heavy atom. The van der Waals surface area contributed by atoms with Gasteiger partial charge in [0.1, 0.15) is 22.4 Å². The second-order valence-electron chi connectivity index (χ2n) is 5.51. The van der Waals surface area contributed by atoms with Crippen LogP contribution in [0.15, 0.2) is 36.4 Å². The van der Waals surface area contributed by atoms with Crippen molar-refractivity contribution < 1.29 is 13.5 Å². The third-order valence-corrected chi connectivity index (χ3v) is 4.85. The summed E-state index contributed by atoms with van der Waals surface area (Å²) in [5.41, 5.74) is 1.15. The van der Waals surface area contributed by atoms with Gasteiger partial charge in [-0.2, -0.15) is 9.61 Å². The molecule has 0 aliphatic rings. The van der Waals surface area contributed by atoms with Gasteiger partial charge >= 0.3 is 0 Å². The molecule has 5 nitrogen and oxygen atoms in total. The van der Waals surface area contributed by atoms with Crippen LogP contribution < -0.4 is 4.74 Å². The van der Waals surface area contributed by atoms with Gasteiger partial charge < -0.3 is 4.74 Å². The predicted molar refractivity (Wildman–Crippen MR) is 94.8 cm³/mol. The summed E-state index contributed by atoms with van der Waals surface area (Å²) in [4.78, 5) is 0.564. The zero-order valence-electron chi connectivity index (χ0n) is 13.4. The number of fused-ring (bicyclic) bond motifs is 1. The molecule has 26 heavy (non-hydrogen) atoms. The van der Waals surface area contributed by atoms with E-state index in [0.717, 1.165) is 6.07 Å². The minimum absolute atomic E-state index is 0.287. The number of aromatic nitrogens is 4. The van der Waals surface area contributed by atoms with Crippen LogP contribution in [0.4, 0.5) is 8.78 Å². The van der Waals surface area contributed by atoms with Gasteiger partial charge in [0.05, 0.1) is 12.7 Å². The van der Waals surface area contributed by atoms with Crippen LogP contribution in [0.2, 0.25) is 5.02 Å². The van der Waals surface area contributed by atoms with Gasteiger partial charge in [-0.15, -0.1) is 10.2 Å². The molecule has 0 atom stereocenters. The van der Waals surface area contributed by atoms with E-state index in [2.05, 4.69) is 15.3 Å². The summed E-state index contributed by atoms with van der Waals surface area (Å²) in [7, 11) is 1.55. The quantitative estimate of drug-likeness (QED) is 0.517. The largest absolute Gasteiger partial charge is 0.496 e. The van der Waals surface area contributed by atoms with Gasteiger partial charge in [0.2, 0.25) is 4.96 Å². The molecule has 0 radical (unpaired) electrons. The van der Waals surface area contributed by atoms with Crippen molar-refractivity contribution >= 4 is 27.9 Å². The van der Waals surface area contributed by atoms with E-state index in [1.165, 1.54) is 23.5 Å². The van der Waals surface area contributed by atoms with Gasteiger partial charge in [-0.1, -0.05) is 22.9 Å². The summed E-state index contributed by atoms with van der Waals surface area (Å²) in [6.45, 7) is 0. The lowest BCUT2D eigenvalue weighted by molar-refractivity contribution is 0.416. The third-order valence-electron chi connectivity index (χ3n) is 3.71. The highest BCUT2D eigenvalue weighted by Crippen LogP contribution is 2.32. The molecule has 132 valence electrons. The average molecular weight is 393 g/mol. The number of hydrogen-bond donors (Lipinski definition) is 0. The van der Waals surface area contributed by atoms with Crippen molar-refractivity contribution in [3.63, 3.8) is 0 Å². The smallest absolute Gasteiger partial charge is 0.234 e. The van der Waals surface area contributed by atoms with Gasteiger partial charge in [0.25, 0.3) is 0 Å². The molecule has 2 aromatic heterocycles. The average Bonchev–Trinajstić information content (AvgIpc) is 3.13. The molecule has 0 saturated heterocycles. The fourth-order valence-electron chi connectivity index (χ4n) is 2.64. The van der Waals surface area contributed by atoms with Gasteiger partial charge in [0.15, 0.2) is 5.82 Å². The van der Waals surface area contributed by atoms with E-state index in [0.29, 0.717) is 37.7 Å². The predicted octanol–water partition coefficient (Wildman–Crippen LogP) is 4.38. The molecule has 4 aromatic rings. The Morgan fingerprint density at radius 2 is 1.88 bits per heavy atom. The minimum Gasteiger partial charge on any atom is -0.496 e. The number of hydrogen-bond acceptors (Lipinski definition) is 5. The maximum atomic E-state index is 13.4. The third kappa shape index (κ3) is 3.13. The van der Waals surface area contributed by atoms with Crippen molar-refractivity contribution in [2.75, 3.05) is 7.11 Å². The zero-order valence-corrected chi connectivity index (χ0v) is 15.0. The van der Waals surface area contributed by atoms with E-state index in [9.17, 15) is 8.78 Å². The van der Waals surface area contributed by atoms with Crippen molar-refractivity contribution in [3.8, 4) is 17.1 Å². The number of halogens is 3. The van der Waals surface area contributed by atoms with Crippen LogP contribution in [0.5, 0.6) is 5.75 Å². The maximum absolute atomic E-state index is 13.4. The van der Waals surface area contributed by atoms with Crippen LogP contribution >= 0.6 is 22.9 Å². The normalized spacial score (nSPS) is 11.2. The van der Waals surface area contributed by atoms with Crippen LogP contribution in [-0.2, 0) is 6.42 Å². The Balaban J connectivity index is 1.75.